The van der Waals surface area contributed by atoms with Gasteiger partial charge in [0.1, 0.15) is 0 Å². The van der Waals surface area contributed by atoms with Gasteiger partial charge in [0.05, 0.1) is 0 Å². The zero-order chi connectivity index (χ0) is 9.14. The summed E-state index contributed by atoms with van der Waals surface area (Å²) in [6, 6.07) is 6.61. The van der Waals surface area contributed by atoms with Gasteiger partial charge in [-0.05, 0) is 35.7 Å². The fourth-order valence-corrected chi connectivity index (χ4v) is 1.21. The van der Waals surface area contributed by atoms with E-state index in [-0.39, 0.29) is 29.6 Å². The van der Waals surface area contributed by atoms with E-state index in [9.17, 15) is 8.76 Å². The van der Waals surface area contributed by atoms with E-state index in [2.05, 4.69) is 6.58 Å². The maximum Gasteiger partial charge on any atom is 1.00 e. The molecule has 0 radical (unpaired) electrons. The second kappa shape index (κ2) is 5.73. The van der Waals surface area contributed by atoms with Gasteiger partial charge in [0.2, 0.25) is 0 Å². The van der Waals surface area contributed by atoms with Crippen molar-refractivity contribution in [3.8, 4) is 0 Å². The number of allylic oxidation sites excluding steroid dienone is 1. The van der Waals surface area contributed by atoms with Crippen LogP contribution in [0, 0.1) is 0 Å². The molecule has 1 unspecified atom stereocenters. The van der Waals surface area contributed by atoms with Crippen LogP contribution in [-0.4, -0.2) is 8.76 Å². The molecule has 0 saturated carbocycles. The molecule has 0 aliphatic carbocycles. The first-order valence-corrected chi connectivity index (χ1v) is 4.54. The summed E-state index contributed by atoms with van der Waals surface area (Å²) in [4.78, 5) is 0.306. The minimum absolute atomic E-state index is 0. The molecule has 4 heteroatoms. The molecule has 0 fully saturated rings. The van der Waals surface area contributed by atoms with Gasteiger partial charge in [0.25, 0.3) is 0 Å². The Morgan fingerprint density at radius 3 is 2.15 bits per heavy atom. The molecule has 1 rings (SSSR count). The molecule has 1 aromatic rings. The van der Waals surface area contributed by atoms with E-state index in [0.717, 1.165) is 11.1 Å². The molecular formula is C9H9NaO2S. The van der Waals surface area contributed by atoms with Crippen LogP contribution in [0.3, 0.4) is 0 Å². The summed E-state index contributed by atoms with van der Waals surface area (Å²) in [6.45, 7) is 5.62. The van der Waals surface area contributed by atoms with Crippen LogP contribution in [0.15, 0.2) is 35.7 Å². The third-order valence-electron chi connectivity index (χ3n) is 1.54. The van der Waals surface area contributed by atoms with Gasteiger partial charge in [-0.1, -0.05) is 24.3 Å². The summed E-state index contributed by atoms with van der Waals surface area (Å²) in [5.41, 5.74) is 1.89. The van der Waals surface area contributed by atoms with Gasteiger partial charge in [-0.2, -0.15) is 0 Å². The summed E-state index contributed by atoms with van der Waals surface area (Å²) in [7, 11) is 0. The van der Waals surface area contributed by atoms with E-state index < -0.39 is 11.1 Å². The van der Waals surface area contributed by atoms with Crippen LogP contribution in [-0.2, 0) is 11.1 Å². The monoisotopic (exact) mass is 204 g/mol. The summed E-state index contributed by atoms with van der Waals surface area (Å²) in [5.74, 6) is 0. The van der Waals surface area contributed by atoms with Crippen LogP contribution in [0.4, 0.5) is 0 Å². The molecule has 0 saturated heterocycles. The van der Waals surface area contributed by atoms with Crippen molar-refractivity contribution in [3.05, 3.63) is 36.4 Å². The van der Waals surface area contributed by atoms with Gasteiger partial charge in [-0.15, -0.1) is 0 Å². The third-order valence-corrected chi connectivity index (χ3v) is 2.20. The van der Waals surface area contributed by atoms with Crippen molar-refractivity contribution in [2.24, 2.45) is 0 Å². The normalized spacial score (nSPS) is 11.5. The Morgan fingerprint density at radius 2 is 1.85 bits per heavy atom. The number of hydrogen-bond acceptors (Lipinski definition) is 2. The van der Waals surface area contributed by atoms with Gasteiger partial charge >= 0.3 is 29.6 Å². The van der Waals surface area contributed by atoms with Crippen molar-refractivity contribution in [2.45, 2.75) is 11.8 Å². The van der Waals surface area contributed by atoms with E-state index in [1.54, 1.807) is 24.3 Å². The molecule has 64 valence electrons. The van der Waals surface area contributed by atoms with Crippen molar-refractivity contribution in [3.63, 3.8) is 0 Å². The zero-order valence-corrected chi connectivity index (χ0v) is 10.6. The summed E-state index contributed by atoms with van der Waals surface area (Å²) in [6.07, 6.45) is 0. The molecule has 0 N–H and O–H groups in total. The molecule has 0 aromatic heterocycles. The molecule has 13 heavy (non-hydrogen) atoms. The third kappa shape index (κ3) is 3.75. The van der Waals surface area contributed by atoms with E-state index in [1.807, 2.05) is 6.92 Å². The fraction of sp³-hybridized carbons (Fsp3) is 0.111. The average Bonchev–Trinajstić information content (AvgIpc) is 2.04. The zero-order valence-electron chi connectivity index (χ0n) is 7.74. The van der Waals surface area contributed by atoms with Gasteiger partial charge in [0.15, 0.2) is 0 Å². The molecule has 0 spiro atoms. The van der Waals surface area contributed by atoms with E-state index in [0.29, 0.717) is 4.90 Å². The number of rotatable bonds is 2. The number of benzene rings is 1. The Kier molecular flexibility index (Phi) is 5.76. The van der Waals surface area contributed by atoms with Gasteiger partial charge in [-0.25, -0.2) is 0 Å². The minimum atomic E-state index is -2.13. The molecule has 2 nitrogen and oxygen atoms in total. The van der Waals surface area contributed by atoms with Crippen LogP contribution < -0.4 is 29.6 Å². The van der Waals surface area contributed by atoms with Crippen molar-refractivity contribution in [2.75, 3.05) is 0 Å². The van der Waals surface area contributed by atoms with E-state index >= 15 is 0 Å². The molecule has 0 heterocycles. The summed E-state index contributed by atoms with van der Waals surface area (Å²) in [5, 5.41) is 0. The maximum absolute atomic E-state index is 10.5. The second-order valence-corrected chi connectivity index (χ2v) is 3.48. The van der Waals surface area contributed by atoms with Crippen LogP contribution >= 0.6 is 0 Å². The van der Waals surface area contributed by atoms with Crippen molar-refractivity contribution >= 4 is 16.7 Å². The average molecular weight is 204 g/mol. The van der Waals surface area contributed by atoms with Gasteiger partial charge in [-0.3, -0.25) is 4.21 Å². The van der Waals surface area contributed by atoms with Crippen molar-refractivity contribution in [1.82, 2.24) is 0 Å². The van der Waals surface area contributed by atoms with Gasteiger partial charge < -0.3 is 4.55 Å². The second-order valence-electron chi connectivity index (χ2n) is 2.54. The molecular weight excluding hydrogens is 195 g/mol. The predicted molar refractivity (Wildman–Crippen MR) is 48.3 cm³/mol. The van der Waals surface area contributed by atoms with E-state index in [1.165, 1.54) is 0 Å². The molecule has 1 aromatic carbocycles. The smallest absolute Gasteiger partial charge is 0.768 e. The largest absolute Gasteiger partial charge is 1.00 e. The van der Waals surface area contributed by atoms with Crippen LogP contribution in [0.25, 0.3) is 5.57 Å². The Morgan fingerprint density at radius 1 is 1.38 bits per heavy atom. The van der Waals surface area contributed by atoms with Crippen molar-refractivity contribution in [1.29, 1.82) is 0 Å². The predicted octanol–water partition coefficient (Wildman–Crippen LogP) is -1.04. The Balaban J connectivity index is 0.00000144. The SMILES string of the molecule is C=C(C)c1ccc(S(=O)[O-])cc1.[Na+]. The summed E-state index contributed by atoms with van der Waals surface area (Å²) < 4.78 is 20.9. The van der Waals surface area contributed by atoms with Gasteiger partial charge in [0, 0.05) is 4.90 Å². The summed E-state index contributed by atoms with van der Waals surface area (Å²) >= 11 is -2.13. The standard InChI is InChI=1S/C9H10O2S.Na/c1-7(2)8-3-5-9(6-4-8)12(10)11;/h3-6H,1H2,2H3,(H,10,11);/q;+1/p-1. The number of hydrogen-bond donors (Lipinski definition) is 0. The van der Waals surface area contributed by atoms with Crippen LogP contribution in [0.1, 0.15) is 12.5 Å². The fourth-order valence-electron chi connectivity index (χ4n) is 0.851. The molecule has 1 atom stereocenters. The Bertz CT molecular complexity index is 286. The quantitative estimate of drug-likeness (QED) is 0.456. The Hall–Kier alpha value is 0.0700. The molecule has 0 bridgehead atoms. The first-order valence-electron chi connectivity index (χ1n) is 3.46. The van der Waals surface area contributed by atoms with Crippen LogP contribution in [0.5, 0.6) is 0 Å². The first kappa shape index (κ1) is 13.1. The molecule has 0 aliphatic heterocycles. The van der Waals surface area contributed by atoms with E-state index in [4.69, 9.17) is 0 Å². The maximum atomic E-state index is 10.5. The topological polar surface area (TPSA) is 40.1 Å². The molecule has 0 aliphatic rings. The van der Waals surface area contributed by atoms with Crippen LogP contribution in [0.2, 0.25) is 0 Å². The van der Waals surface area contributed by atoms with Crippen molar-refractivity contribution < 1.29 is 38.3 Å². The Labute approximate surface area is 103 Å². The molecule has 0 amide bonds. The first-order chi connectivity index (χ1) is 5.61. The minimum Gasteiger partial charge on any atom is -0.768 e.